The topological polar surface area (TPSA) is 70.5 Å². The lowest BCUT2D eigenvalue weighted by Crippen LogP contribution is -2.41. The molecule has 2 rings (SSSR count). The van der Waals surface area contributed by atoms with Crippen molar-refractivity contribution in [3.8, 4) is 0 Å². The Morgan fingerprint density at radius 1 is 1.17 bits per heavy atom. The van der Waals surface area contributed by atoms with Crippen molar-refractivity contribution in [3.05, 3.63) is 65.5 Å². The van der Waals surface area contributed by atoms with Crippen LogP contribution in [0.2, 0.25) is 0 Å². The van der Waals surface area contributed by atoms with Gasteiger partial charge in [-0.25, -0.2) is 4.79 Å². The molecule has 5 heteroatoms. The van der Waals surface area contributed by atoms with Gasteiger partial charge in [-0.05, 0) is 37.5 Å². The predicted octanol–water partition coefficient (Wildman–Crippen LogP) is 3.26. The third-order valence-electron chi connectivity index (χ3n) is 4.05. The van der Waals surface area contributed by atoms with Crippen molar-refractivity contribution in [2.75, 3.05) is 6.54 Å². The number of aromatic carboxylic acids is 1. The van der Waals surface area contributed by atoms with Gasteiger partial charge in [0.25, 0.3) is 5.91 Å². The molecule has 1 aromatic heterocycles. The quantitative estimate of drug-likeness (QED) is 0.848. The highest BCUT2D eigenvalue weighted by molar-refractivity contribution is 5.96. The van der Waals surface area contributed by atoms with Gasteiger partial charge in [-0.15, -0.1) is 0 Å². The molecule has 24 heavy (non-hydrogen) atoms. The Kier molecular flexibility index (Phi) is 6.07. The molecule has 5 nitrogen and oxygen atoms in total. The van der Waals surface area contributed by atoms with Gasteiger partial charge < -0.3 is 10.0 Å². The lowest BCUT2D eigenvalue weighted by Gasteiger charge is -2.30. The lowest BCUT2D eigenvalue weighted by molar-refractivity contribution is 0.0678. The summed E-state index contributed by atoms with van der Waals surface area (Å²) in [4.78, 5) is 29.7. The third kappa shape index (κ3) is 4.19. The predicted molar refractivity (Wildman–Crippen MR) is 92.1 cm³/mol. The average molecular weight is 326 g/mol. The first-order valence-corrected chi connectivity index (χ1v) is 8.11. The molecule has 0 saturated carbocycles. The molecule has 0 spiro atoms. The number of likely N-dealkylation sites (N-methyl/N-ethyl adjacent to an activating group) is 1. The molecule has 1 heterocycles. The second-order valence-corrected chi connectivity index (χ2v) is 5.58. The number of carbonyl (C=O) groups is 2. The largest absolute Gasteiger partial charge is 0.478 e. The van der Waals surface area contributed by atoms with Crippen LogP contribution in [0, 0.1) is 0 Å². The zero-order valence-electron chi connectivity index (χ0n) is 14.0. The van der Waals surface area contributed by atoms with Crippen molar-refractivity contribution in [2.24, 2.45) is 0 Å². The van der Waals surface area contributed by atoms with E-state index in [1.807, 2.05) is 44.2 Å². The van der Waals surface area contributed by atoms with E-state index < -0.39 is 5.97 Å². The fraction of sp³-hybridized carbons (Fsp3) is 0.316. The smallest absolute Gasteiger partial charge is 0.335 e. The normalized spacial score (nSPS) is 11.8. The third-order valence-corrected chi connectivity index (χ3v) is 4.05. The van der Waals surface area contributed by atoms with E-state index in [-0.39, 0.29) is 23.2 Å². The minimum Gasteiger partial charge on any atom is -0.478 e. The highest BCUT2D eigenvalue weighted by atomic mass is 16.4. The molecule has 0 saturated heterocycles. The molecular weight excluding hydrogens is 304 g/mol. The van der Waals surface area contributed by atoms with Crippen molar-refractivity contribution in [3.63, 3.8) is 0 Å². The average Bonchev–Trinajstić information content (AvgIpc) is 2.62. The number of hydrogen-bond donors (Lipinski definition) is 1. The first-order valence-electron chi connectivity index (χ1n) is 8.11. The van der Waals surface area contributed by atoms with Crippen molar-refractivity contribution < 1.29 is 14.7 Å². The van der Waals surface area contributed by atoms with Crippen LogP contribution in [0.5, 0.6) is 0 Å². The van der Waals surface area contributed by atoms with Gasteiger partial charge in [-0.1, -0.05) is 37.3 Å². The van der Waals surface area contributed by atoms with Gasteiger partial charge in [0, 0.05) is 18.8 Å². The van der Waals surface area contributed by atoms with Gasteiger partial charge in [-0.3, -0.25) is 9.78 Å². The molecule has 0 bridgehead atoms. The Morgan fingerprint density at radius 2 is 1.88 bits per heavy atom. The van der Waals surface area contributed by atoms with Gasteiger partial charge in [0.1, 0.15) is 5.69 Å². The maximum absolute atomic E-state index is 12.8. The maximum atomic E-state index is 12.8. The van der Waals surface area contributed by atoms with Crippen LogP contribution in [-0.4, -0.2) is 39.5 Å². The fourth-order valence-electron chi connectivity index (χ4n) is 2.76. The number of benzene rings is 1. The molecule has 0 aliphatic carbocycles. The number of hydrogen-bond acceptors (Lipinski definition) is 3. The number of aromatic nitrogens is 1. The van der Waals surface area contributed by atoms with Gasteiger partial charge in [0.05, 0.1) is 5.56 Å². The monoisotopic (exact) mass is 326 g/mol. The van der Waals surface area contributed by atoms with Crippen LogP contribution in [0.15, 0.2) is 48.7 Å². The van der Waals surface area contributed by atoms with E-state index in [4.69, 9.17) is 5.11 Å². The number of carboxylic acids is 1. The second-order valence-electron chi connectivity index (χ2n) is 5.58. The van der Waals surface area contributed by atoms with Gasteiger partial charge in [-0.2, -0.15) is 0 Å². The highest BCUT2D eigenvalue weighted by Crippen LogP contribution is 2.15. The van der Waals surface area contributed by atoms with E-state index in [9.17, 15) is 9.59 Å². The molecular formula is C19H22N2O3. The minimum atomic E-state index is -1.06. The molecule has 0 aliphatic rings. The SMILES string of the molecule is CCC(Cc1ccccc1)N(CC)C(=O)c1cc(C(=O)O)ccn1. The first kappa shape index (κ1) is 17.7. The van der Waals surface area contributed by atoms with E-state index in [0.29, 0.717) is 6.54 Å². The van der Waals surface area contributed by atoms with E-state index in [1.54, 1.807) is 4.90 Å². The van der Waals surface area contributed by atoms with Crippen LogP contribution in [0.3, 0.4) is 0 Å². The number of carboxylic acid groups (broad SMARTS) is 1. The first-order chi connectivity index (χ1) is 11.6. The molecule has 1 N–H and O–H groups in total. The Labute approximate surface area is 142 Å². The zero-order chi connectivity index (χ0) is 17.5. The minimum absolute atomic E-state index is 0.0418. The van der Waals surface area contributed by atoms with Crippen LogP contribution in [0.25, 0.3) is 0 Å². The van der Waals surface area contributed by atoms with Crippen molar-refractivity contribution >= 4 is 11.9 Å². The summed E-state index contributed by atoms with van der Waals surface area (Å²) in [7, 11) is 0. The van der Waals surface area contributed by atoms with Crippen molar-refractivity contribution in [1.29, 1.82) is 0 Å². The number of pyridine rings is 1. The molecule has 2 aromatic rings. The summed E-state index contributed by atoms with van der Waals surface area (Å²) in [5, 5.41) is 9.08. The van der Waals surface area contributed by atoms with Gasteiger partial charge in [0.2, 0.25) is 0 Å². The summed E-state index contributed by atoms with van der Waals surface area (Å²) in [6.07, 6.45) is 2.94. The Bertz CT molecular complexity index is 701. The van der Waals surface area contributed by atoms with E-state index in [1.165, 1.54) is 23.9 Å². The summed E-state index contributed by atoms with van der Waals surface area (Å²) in [6.45, 7) is 4.51. The molecule has 0 radical (unpaired) electrons. The molecule has 1 atom stereocenters. The second kappa shape index (κ2) is 8.24. The molecule has 0 fully saturated rings. The molecule has 1 amide bonds. The molecule has 126 valence electrons. The maximum Gasteiger partial charge on any atom is 0.335 e. The number of rotatable bonds is 7. The zero-order valence-corrected chi connectivity index (χ0v) is 14.0. The molecule has 0 aliphatic heterocycles. The van der Waals surface area contributed by atoms with E-state index in [2.05, 4.69) is 4.98 Å². The Balaban J connectivity index is 2.23. The Hall–Kier alpha value is -2.69. The van der Waals surface area contributed by atoms with E-state index >= 15 is 0 Å². The van der Waals surface area contributed by atoms with E-state index in [0.717, 1.165) is 12.8 Å². The van der Waals surface area contributed by atoms with Crippen LogP contribution < -0.4 is 0 Å². The lowest BCUT2D eigenvalue weighted by atomic mass is 10.0. The highest BCUT2D eigenvalue weighted by Gasteiger charge is 2.24. The number of nitrogens with zero attached hydrogens (tertiary/aromatic N) is 2. The summed E-state index contributed by atoms with van der Waals surface area (Å²) >= 11 is 0. The Morgan fingerprint density at radius 3 is 2.46 bits per heavy atom. The fourth-order valence-corrected chi connectivity index (χ4v) is 2.76. The van der Waals surface area contributed by atoms with Gasteiger partial charge >= 0.3 is 5.97 Å². The summed E-state index contributed by atoms with van der Waals surface area (Å²) in [5.41, 5.74) is 1.41. The molecule has 1 unspecified atom stereocenters. The number of amides is 1. The summed E-state index contributed by atoms with van der Waals surface area (Å²) in [6, 6.07) is 12.8. The van der Waals surface area contributed by atoms with Crippen LogP contribution in [-0.2, 0) is 6.42 Å². The van der Waals surface area contributed by atoms with Crippen LogP contribution >= 0.6 is 0 Å². The number of carbonyl (C=O) groups excluding carboxylic acids is 1. The molecule has 1 aromatic carbocycles. The van der Waals surface area contributed by atoms with Gasteiger partial charge in [0.15, 0.2) is 0 Å². The van der Waals surface area contributed by atoms with Crippen molar-refractivity contribution in [1.82, 2.24) is 9.88 Å². The van der Waals surface area contributed by atoms with Crippen molar-refractivity contribution in [2.45, 2.75) is 32.7 Å². The summed E-state index contributed by atoms with van der Waals surface area (Å²) in [5.74, 6) is -1.30. The standard InChI is InChI=1S/C19H22N2O3/c1-3-16(12-14-8-6-5-7-9-14)21(4-2)18(22)17-13-15(19(23)24)10-11-20-17/h5-11,13,16H,3-4,12H2,1-2H3,(H,23,24). The van der Waals surface area contributed by atoms with Crippen LogP contribution in [0.1, 0.15) is 46.7 Å². The van der Waals surface area contributed by atoms with Crippen LogP contribution in [0.4, 0.5) is 0 Å². The summed E-state index contributed by atoms with van der Waals surface area (Å²) < 4.78 is 0.